The molecular formula is C16H20BrClN2S. The van der Waals surface area contributed by atoms with Crippen LogP contribution in [-0.2, 0) is 6.42 Å². The van der Waals surface area contributed by atoms with Gasteiger partial charge in [-0.1, -0.05) is 40.5 Å². The summed E-state index contributed by atoms with van der Waals surface area (Å²) in [6, 6.07) is 6.41. The van der Waals surface area contributed by atoms with E-state index >= 15 is 0 Å². The van der Waals surface area contributed by atoms with Gasteiger partial charge in [0.2, 0.25) is 0 Å². The lowest BCUT2D eigenvalue weighted by Crippen LogP contribution is -2.29. The molecule has 1 atom stereocenters. The quantitative estimate of drug-likeness (QED) is 0.731. The van der Waals surface area contributed by atoms with Crippen LogP contribution in [0.4, 0.5) is 0 Å². The minimum atomic E-state index is 0.0367. The van der Waals surface area contributed by atoms with Crippen LogP contribution in [0.2, 0.25) is 5.02 Å². The number of aryl methyl sites for hydroxylation is 2. The molecule has 0 radical (unpaired) electrons. The van der Waals surface area contributed by atoms with Gasteiger partial charge >= 0.3 is 0 Å². The highest BCUT2D eigenvalue weighted by atomic mass is 79.9. The van der Waals surface area contributed by atoms with Crippen molar-refractivity contribution in [1.82, 2.24) is 10.3 Å². The van der Waals surface area contributed by atoms with E-state index in [0.717, 1.165) is 26.5 Å². The van der Waals surface area contributed by atoms with Crippen molar-refractivity contribution in [2.75, 3.05) is 0 Å². The molecule has 1 aromatic carbocycles. The molecule has 2 nitrogen and oxygen atoms in total. The highest BCUT2D eigenvalue weighted by Crippen LogP contribution is 2.34. The predicted octanol–water partition coefficient (Wildman–Crippen LogP) is 5.52. The number of benzene rings is 1. The lowest BCUT2D eigenvalue weighted by molar-refractivity contribution is 0.526. The van der Waals surface area contributed by atoms with Crippen molar-refractivity contribution >= 4 is 38.9 Å². The van der Waals surface area contributed by atoms with Crippen molar-refractivity contribution < 1.29 is 0 Å². The molecule has 0 fully saturated rings. The van der Waals surface area contributed by atoms with E-state index in [1.54, 1.807) is 11.3 Å². The molecule has 0 bridgehead atoms. The third-order valence-corrected chi connectivity index (χ3v) is 5.16. The zero-order valence-electron chi connectivity index (χ0n) is 12.7. The molecule has 0 amide bonds. The lowest BCUT2D eigenvalue weighted by atomic mass is 10.1. The van der Waals surface area contributed by atoms with E-state index in [-0.39, 0.29) is 6.04 Å². The van der Waals surface area contributed by atoms with Gasteiger partial charge in [0.1, 0.15) is 5.01 Å². The number of rotatable bonds is 5. The first-order chi connectivity index (χ1) is 9.92. The van der Waals surface area contributed by atoms with Crippen LogP contribution in [0.5, 0.6) is 0 Å². The van der Waals surface area contributed by atoms with Crippen molar-refractivity contribution in [3.63, 3.8) is 0 Å². The SMILES string of the molecule is CCc1nc(C(NC(C)C)c2ccc(Br)cc2Cl)sc1C. The summed E-state index contributed by atoms with van der Waals surface area (Å²) in [4.78, 5) is 6.10. The molecule has 1 heterocycles. The summed E-state index contributed by atoms with van der Waals surface area (Å²) >= 11 is 11.7. The second kappa shape index (κ2) is 7.23. The molecule has 0 saturated heterocycles. The van der Waals surface area contributed by atoms with Crippen LogP contribution in [0.15, 0.2) is 22.7 Å². The molecule has 21 heavy (non-hydrogen) atoms. The van der Waals surface area contributed by atoms with Crippen molar-refractivity contribution in [3.8, 4) is 0 Å². The van der Waals surface area contributed by atoms with Crippen LogP contribution in [0, 0.1) is 6.92 Å². The number of hydrogen-bond acceptors (Lipinski definition) is 3. The standard InChI is InChI=1S/C16H20BrClN2S/c1-5-14-10(4)21-16(20-14)15(19-9(2)3)12-7-6-11(17)8-13(12)18/h6-9,15,19H,5H2,1-4H3. The Morgan fingerprint density at radius 2 is 2.10 bits per heavy atom. The molecule has 0 spiro atoms. The molecule has 5 heteroatoms. The zero-order valence-corrected chi connectivity index (χ0v) is 15.9. The number of thiazole rings is 1. The Hall–Kier alpha value is -0.420. The first-order valence-electron chi connectivity index (χ1n) is 7.09. The highest BCUT2D eigenvalue weighted by Gasteiger charge is 2.22. The van der Waals surface area contributed by atoms with E-state index in [1.165, 1.54) is 10.6 Å². The molecule has 1 aromatic heterocycles. The van der Waals surface area contributed by atoms with Gasteiger partial charge < -0.3 is 5.32 Å². The molecule has 1 N–H and O–H groups in total. The fourth-order valence-corrected chi connectivity index (χ4v) is 4.14. The average molecular weight is 388 g/mol. The monoisotopic (exact) mass is 386 g/mol. The summed E-state index contributed by atoms with van der Waals surface area (Å²) in [5.74, 6) is 0. The van der Waals surface area contributed by atoms with Crippen LogP contribution >= 0.6 is 38.9 Å². The van der Waals surface area contributed by atoms with Gasteiger partial charge in [-0.25, -0.2) is 4.98 Å². The zero-order chi connectivity index (χ0) is 15.6. The number of halogens is 2. The van der Waals surface area contributed by atoms with Gasteiger partial charge in [-0.05, 0) is 44.9 Å². The van der Waals surface area contributed by atoms with Gasteiger partial charge in [0.05, 0.1) is 11.7 Å². The summed E-state index contributed by atoms with van der Waals surface area (Å²) in [6.07, 6.45) is 0.963. The Morgan fingerprint density at radius 3 is 2.62 bits per heavy atom. The molecule has 2 rings (SSSR count). The third-order valence-electron chi connectivity index (χ3n) is 3.26. The van der Waals surface area contributed by atoms with Crippen molar-refractivity contribution in [2.24, 2.45) is 0 Å². The minimum Gasteiger partial charge on any atom is -0.302 e. The third kappa shape index (κ3) is 4.07. The second-order valence-corrected chi connectivity index (χ2v) is 7.89. The fraction of sp³-hybridized carbons (Fsp3) is 0.438. The Bertz CT molecular complexity index is 625. The van der Waals surface area contributed by atoms with Crippen LogP contribution in [0.25, 0.3) is 0 Å². The summed E-state index contributed by atoms with van der Waals surface area (Å²) in [7, 11) is 0. The number of nitrogens with one attached hydrogen (secondary N) is 1. The summed E-state index contributed by atoms with van der Waals surface area (Å²) in [5, 5.41) is 5.43. The number of aromatic nitrogens is 1. The van der Waals surface area contributed by atoms with E-state index < -0.39 is 0 Å². The molecule has 0 aliphatic rings. The largest absolute Gasteiger partial charge is 0.302 e. The van der Waals surface area contributed by atoms with Crippen LogP contribution < -0.4 is 5.32 Å². The van der Waals surface area contributed by atoms with Crippen LogP contribution in [-0.4, -0.2) is 11.0 Å². The maximum absolute atomic E-state index is 6.44. The van der Waals surface area contributed by atoms with E-state index in [2.05, 4.69) is 55.0 Å². The maximum atomic E-state index is 6.44. The first-order valence-corrected chi connectivity index (χ1v) is 9.08. The van der Waals surface area contributed by atoms with E-state index in [0.29, 0.717) is 6.04 Å². The predicted molar refractivity (Wildman–Crippen MR) is 95.5 cm³/mol. The second-order valence-electron chi connectivity index (χ2n) is 5.33. The van der Waals surface area contributed by atoms with Gasteiger partial charge in [0.15, 0.2) is 0 Å². The molecule has 1 unspecified atom stereocenters. The molecule has 114 valence electrons. The Balaban J connectivity index is 2.46. The number of hydrogen-bond donors (Lipinski definition) is 1. The minimum absolute atomic E-state index is 0.0367. The summed E-state index contributed by atoms with van der Waals surface area (Å²) in [6.45, 7) is 8.56. The molecule has 2 aromatic rings. The Kier molecular flexibility index (Phi) is 5.83. The normalized spacial score (nSPS) is 12.9. The van der Waals surface area contributed by atoms with Crippen molar-refractivity contribution in [2.45, 2.75) is 46.2 Å². The smallest absolute Gasteiger partial charge is 0.115 e. The molecule has 0 aliphatic heterocycles. The molecule has 0 aliphatic carbocycles. The van der Waals surface area contributed by atoms with Crippen LogP contribution in [0.3, 0.4) is 0 Å². The van der Waals surface area contributed by atoms with Crippen molar-refractivity contribution in [1.29, 1.82) is 0 Å². The van der Waals surface area contributed by atoms with E-state index in [4.69, 9.17) is 16.6 Å². The maximum Gasteiger partial charge on any atom is 0.115 e. The molecule has 0 saturated carbocycles. The van der Waals surface area contributed by atoms with Gasteiger partial charge in [-0.15, -0.1) is 11.3 Å². The van der Waals surface area contributed by atoms with Crippen molar-refractivity contribution in [3.05, 3.63) is 48.8 Å². The van der Waals surface area contributed by atoms with Gasteiger partial charge in [0, 0.05) is 20.4 Å². The first kappa shape index (κ1) is 16.9. The molecular weight excluding hydrogens is 368 g/mol. The van der Waals surface area contributed by atoms with Gasteiger partial charge in [-0.3, -0.25) is 0 Å². The summed E-state index contributed by atoms with van der Waals surface area (Å²) in [5.41, 5.74) is 2.25. The average Bonchev–Trinajstić information content (AvgIpc) is 2.77. The van der Waals surface area contributed by atoms with Crippen LogP contribution in [0.1, 0.15) is 48.0 Å². The topological polar surface area (TPSA) is 24.9 Å². The Labute approximate surface area is 144 Å². The van der Waals surface area contributed by atoms with Gasteiger partial charge in [-0.2, -0.15) is 0 Å². The lowest BCUT2D eigenvalue weighted by Gasteiger charge is -2.21. The highest BCUT2D eigenvalue weighted by molar-refractivity contribution is 9.10. The fourth-order valence-electron chi connectivity index (χ4n) is 2.26. The number of nitrogens with zero attached hydrogens (tertiary/aromatic N) is 1. The van der Waals surface area contributed by atoms with E-state index in [9.17, 15) is 0 Å². The summed E-state index contributed by atoms with van der Waals surface area (Å²) < 4.78 is 0.990. The van der Waals surface area contributed by atoms with E-state index in [1.807, 2.05) is 12.1 Å². The van der Waals surface area contributed by atoms with Gasteiger partial charge in [0.25, 0.3) is 0 Å². The Morgan fingerprint density at radius 1 is 1.38 bits per heavy atom.